The number of esters is 3. The molecular formula is C77H124O6. The Hall–Kier alpha value is -4.97. The molecule has 0 fully saturated rings. The highest BCUT2D eigenvalue weighted by atomic mass is 16.6. The molecule has 6 nitrogen and oxygen atoms in total. The predicted molar refractivity (Wildman–Crippen MR) is 362 cm³/mol. The van der Waals surface area contributed by atoms with Gasteiger partial charge in [0.15, 0.2) is 6.10 Å². The van der Waals surface area contributed by atoms with Gasteiger partial charge < -0.3 is 14.2 Å². The number of hydrogen-bond donors (Lipinski definition) is 0. The summed E-state index contributed by atoms with van der Waals surface area (Å²) < 4.78 is 16.9. The van der Waals surface area contributed by atoms with Crippen LogP contribution in [0, 0.1) is 0 Å². The van der Waals surface area contributed by atoms with Crippen molar-refractivity contribution in [1.29, 1.82) is 0 Å². The average Bonchev–Trinajstić information content (AvgIpc) is 3.49. The first-order valence-corrected chi connectivity index (χ1v) is 34.0. The molecular weight excluding hydrogens is 1020 g/mol. The van der Waals surface area contributed by atoms with E-state index in [2.05, 4.69) is 173 Å². The van der Waals surface area contributed by atoms with Crippen molar-refractivity contribution < 1.29 is 28.6 Å². The molecule has 0 N–H and O–H groups in total. The van der Waals surface area contributed by atoms with Gasteiger partial charge in [-0.05, 0) is 135 Å². The van der Waals surface area contributed by atoms with E-state index in [0.717, 1.165) is 135 Å². The molecule has 0 spiro atoms. The molecule has 0 aliphatic heterocycles. The molecule has 1 atom stereocenters. The summed E-state index contributed by atoms with van der Waals surface area (Å²) >= 11 is 0. The van der Waals surface area contributed by atoms with Gasteiger partial charge in [-0.25, -0.2) is 0 Å². The number of ether oxygens (including phenoxy) is 3. The lowest BCUT2D eigenvalue weighted by Crippen LogP contribution is -2.30. The summed E-state index contributed by atoms with van der Waals surface area (Å²) in [6.07, 6.45) is 101. The fourth-order valence-corrected chi connectivity index (χ4v) is 9.00. The van der Waals surface area contributed by atoms with Crippen LogP contribution < -0.4 is 0 Å². The normalized spacial score (nSPS) is 13.1. The summed E-state index contributed by atoms with van der Waals surface area (Å²) in [4.78, 5) is 38.3. The van der Waals surface area contributed by atoms with Crippen molar-refractivity contribution in [2.75, 3.05) is 13.2 Å². The van der Waals surface area contributed by atoms with Gasteiger partial charge in [-0.15, -0.1) is 0 Å². The fraction of sp³-hybridized carbons (Fsp3) is 0.623. The van der Waals surface area contributed by atoms with Gasteiger partial charge in [0.05, 0.1) is 0 Å². The number of hydrogen-bond acceptors (Lipinski definition) is 6. The first kappa shape index (κ1) is 78.0. The molecule has 0 aliphatic rings. The summed E-state index contributed by atoms with van der Waals surface area (Å²) in [6.45, 7) is 6.33. The third-order valence-corrected chi connectivity index (χ3v) is 14.0. The number of carbonyl (C=O) groups excluding carboxylic acids is 3. The minimum Gasteiger partial charge on any atom is -0.462 e. The third-order valence-electron chi connectivity index (χ3n) is 14.0. The predicted octanol–water partition coefficient (Wildman–Crippen LogP) is 23.7. The first-order valence-electron chi connectivity index (χ1n) is 34.0. The molecule has 468 valence electrons. The standard InChI is InChI=1S/C77H124O6/c1-4-7-10-13-16-19-22-25-27-29-31-33-35-37-38-40-41-43-45-47-49-52-55-58-61-64-67-70-76(79)82-73-74(72-81-75(78)69-66-63-60-57-54-51-24-21-18-15-12-9-6-3)83-77(80)71-68-65-62-59-56-53-50-48-46-44-42-39-36-34-32-30-28-26-23-20-17-14-11-8-5-2/h7,9-10,12,16,18-19,21,23,25-27,30-33,37-38,41,43,47,49,51,54,60,63,74H,4-6,8,11,13-15,17,20,22,24,28-29,34-36,39-40,42,44-46,48,50,52-53,55-59,61-62,64-73H2,1-3H3/b10-7-,12-9-,19-16-,21-18-,26-23-,27-25-,32-30-,33-31-,38-37-,43-41-,49-47-,54-51-,63-60-. The molecule has 6 heteroatoms. The molecule has 1 unspecified atom stereocenters. The molecule has 0 radical (unpaired) electrons. The van der Waals surface area contributed by atoms with Gasteiger partial charge >= 0.3 is 17.9 Å². The SMILES string of the molecule is CC/C=C\C/C=C\C/C=C\C/C=C\C/C=C\C/C=C\C/C=C\CCCCCCCC(=O)OCC(COC(=O)CC/C=C\C/C=C\C/C=C\C/C=C\CC)OC(=O)CCCCCCCCCCCCCCC/C=C\C/C=C\CCCCCCC. The van der Waals surface area contributed by atoms with E-state index < -0.39 is 6.10 Å². The molecule has 0 saturated carbocycles. The second kappa shape index (κ2) is 69.5. The molecule has 0 aromatic carbocycles. The van der Waals surface area contributed by atoms with Gasteiger partial charge in [0.2, 0.25) is 0 Å². The first-order chi connectivity index (χ1) is 41.0. The molecule has 0 aromatic rings. The summed E-state index contributed by atoms with van der Waals surface area (Å²) in [7, 11) is 0. The topological polar surface area (TPSA) is 78.9 Å². The molecule has 83 heavy (non-hydrogen) atoms. The Morgan fingerprint density at radius 3 is 0.807 bits per heavy atom. The quantitative estimate of drug-likeness (QED) is 0.0261. The molecule has 0 saturated heterocycles. The maximum absolute atomic E-state index is 12.9. The van der Waals surface area contributed by atoms with Crippen LogP contribution in [-0.4, -0.2) is 37.2 Å². The summed E-state index contributed by atoms with van der Waals surface area (Å²) in [5.41, 5.74) is 0. The van der Waals surface area contributed by atoms with E-state index in [9.17, 15) is 14.4 Å². The second-order valence-electron chi connectivity index (χ2n) is 22.0. The van der Waals surface area contributed by atoms with E-state index >= 15 is 0 Å². The lowest BCUT2D eigenvalue weighted by atomic mass is 10.0. The Balaban J connectivity index is 4.41. The van der Waals surface area contributed by atoms with Crippen LogP contribution in [0.1, 0.15) is 290 Å². The van der Waals surface area contributed by atoms with Crippen molar-refractivity contribution >= 4 is 17.9 Å². The highest BCUT2D eigenvalue weighted by Gasteiger charge is 2.19. The zero-order valence-corrected chi connectivity index (χ0v) is 53.7. The highest BCUT2D eigenvalue weighted by Crippen LogP contribution is 2.16. The maximum atomic E-state index is 12.9. The van der Waals surface area contributed by atoms with Crippen LogP contribution in [0.2, 0.25) is 0 Å². The number of unbranched alkanes of at least 4 members (excludes halogenated alkanes) is 23. The Morgan fingerprint density at radius 2 is 0.494 bits per heavy atom. The Labute approximate surface area is 511 Å². The van der Waals surface area contributed by atoms with Crippen LogP contribution in [-0.2, 0) is 28.6 Å². The van der Waals surface area contributed by atoms with E-state index in [4.69, 9.17) is 14.2 Å². The van der Waals surface area contributed by atoms with Crippen LogP contribution in [0.15, 0.2) is 158 Å². The summed E-state index contributed by atoms with van der Waals surface area (Å²) in [5.74, 6) is -1.02. The van der Waals surface area contributed by atoms with Crippen LogP contribution in [0.5, 0.6) is 0 Å². The molecule has 0 heterocycles. The summed E-state index contributed by atoms with van der Waals surface area (Å²) in [5, 5.41) is 0. The molecule has 0 aromatic heterocycles. The van der Waals surface area contributed by atoms with Crippen LogP contribution in [0.3, 0.4) is 0 Å². The van der Waals surface area contributed by atoms with Gasteiger partial charge in [-0.3, -0.25) is 14.4 Å². The van der Waals surface area contributed by atoms with Gasteiger partial charge in [0, 0.05) is 19.3 Å². The number of allylic oxidation sites excluding steroid dienone is 26. The van der Waals surface area contributed by atoms with Crippen molar-refractivity contribution in [1.82, 2.24) is 0 Å². The van der Waals surface area contributed by atoms with E-state index in [0.29, 0.717) is 19.3 Å². The lowest BCUT2D eigenvalue weighted by Gasteiger charge is -2.18. The fourth-order valence-electron chi connectivity index (χ4n) is 9.00. The Kier molecular flexibility index (Phi) is 65.4. The summed E-state index contributed by atoms with van der Waals surface area (Å²) in [6, 6.07) is 0. The van der Waals surface area contributed by atoms with Gasteiger partial charge in [-0.2, -0.15) is 0 Å². The van der Waals surface area contributed by atoms with Gasteiger partial charge in [0.1, 0.15) is 13.2 Å². The van der Waals surface area contributed by atoms with Gasteiger partial charge in [-0.1, -0.05) is 294 Å². The van der Waals surface area contributed by atoms with Crippen LogP contribution >= 0.6 is 0 Å². The highest BCUT2D eigenvalue weighted by molar-refractivity contribution is 5.71. The van der Waals surface area contributed by atoms with Gasteiger partial charge in [0.25, 0.3) is 0 Å². The molecule has 0 aliphatic carbocycles. The van der Waals surface area contributed by atoms with Crippen molar-refractivity contribution in [2.45, 2.75) is 297 Å². The molecule has 0 rings (SSSR count). The smallest absolute Gasteiger partial charge is 0.306 e. The van der Waals surface area contributed by atoms with Crippen LogP contribution in [0.25, 0.3) is 0 Å². The zero-order chi connectivity index (χ0) is 59.9. The average molecular weight is 1150 g/mol. The van der Waals surface area contributed by atoms with E-state index in [1.165, 1.54) is 109 Å². The monoisotopic (exact) mass is 1140 g/mol. The Morgan fingerprint density at radius 1 is 0.253 bits per heavy atom. The third kappa shape index (κ3) is 67.7. The number of rotatable bonds is 60. The van der Waals surface area contributed by atoms with E-state index in [1.807, 2.05) is 6.08 Å². The minimum atomic E-state index is -0.825. The van der Waals surface area contributed by atoms with Crippen molar-refractivity contribution in [2.24, 2.45) is 0 Å². The second-order valence-corrected chi connectivity index (χ2v) is 22.0. The van der Waals surface area contributed by atoms with Crippen LogP contribution in [0.4, 0.5) is 0 Å². The molecule has 0 amide bonds. The minimum absolute atomic E-state index is 0.116. The van der Waals surface area contributed by atoms with Crippen molar-refractivity contribution in [3.05, 3.63) is 158 Å². The maximum Gasteiger partial charge on any atom is 0.306 e. The lowest BCUT2D eigenvalue weighted by molar-refractivity contribution is -0.166. The van der Waals surface area contributed by atoms with Crippen molar-refractivity contribution in [3.63, 3.8) is 0 Å². The van der Waals surface area contributed by atoms with E-state index in [-0.39, 0.29) is 37.5 Å². The number of carbonyl (C=O) groups is 3. The Bertz CT molecular complexity index is 1840. The molecule has 0 bridgehead atoms. The van der Waals surface area contributed by atoms with Crippen molar-refractivity contribution in [3.8, 4) is 0 Å². The van der Waals surface area contributed by atoms with E-state index in [1.54, 1.807) is 0 Å². The zero-order valence-electron chi connectivity index (χ0n) is 53.7. The largest absolute Gasteiger partial charge is 0.462 e.